The number of carbonyl (C=O) groups is 1. The number of primary amides is 1. The van der Waals surface area contributed by atoms with E-state index in [0.717, 1.165) is 15.6 Å². The number of benzene rings is 1. The van der Waals surface area contributed by atoms with Crippen molar-refractivity contribution < 1.29 is 9.72 Å². The molecule has 0 aliphatic carbocycles. The van der Waals surface area contributed by atoms with Gasteiger partial charge in [0.15, 0.2) is 0 Å². The SMILES string of the molecule is CC(C)c1nc(CNC(N)=O)n(C)c1Sc1cccc([N+](=O)[O-])c1. The second kappa shape index (κ2) is 7.35. The van der Waals surface area contributed by atoms with Crippen LogP contribution in [0.3, 0.4) is 0 Å². The molecule has 0 fully saturated rings. The number of nitrogens with two attached hydrogens (primary N) is 1. The van der Waals surface area contributed by atoms with E-state index in [1.54, 1.807) is 6.07 Å². The van der Waals surface area contributed by atoms with Gasteiger partial charge in [-0.05, 0) is 12.0 Å². The third-order valence-electron chi connectivity index (χ3n) is 3.37. The first-order chi connectivity index (χ1) is 11.3. The first-order valence-corrected chi connectivity index (χ1v) is 8.12. The average Bonchev–Trinajstić information content (AvgIpc) is 2.82. The third kappa shape index (κ3) is 4.05. The molecule has 0 aliphatic heterocycles. The molecule has 0 aliphatic rings. The lowest BCUT2D eigenvalue weighted by atomic mass is 10.2. The highest BCUT2D eigenvalue weighted by Gasteiger charge is 2.19. The Morgan fingerprint density at radius 3 is 2.79 bits per heavy atom. The van der Waals surface area contributed by atoms with Crippen molar-refractivity contribution in [1.29, 1.82) is 0 Å². The number of aromatic nitrogens is 2. The maximum Gasteiger partial charge on any atom is 0.312 e. The van der Waals surface area contributed by atoms with E-state index in [-0.39, 0.29) is 18.2 Å². The topological polar surface area (TPSA) is 116 Å². The maximum atomic E-state index is 10.9. The normalized spacial score (nSPS) is 10.8. The molecule has 0 saturated carbocycles. The largest absolute Gasteiger partial charge is 0.352 e. The molecule has 0 spiro atoms. The van der Waals surface area contributed by atoms with Crippen molar-refractivity contribution in [3.8, 4) is 0 Å². The van der Waals surface area contributed by atoms with Crippen LogP contribution in [0.4, 0.5) is 10.5 Å². The lowest BCUT2D eigenvalue weighted by Crippen LogP contribution is -2.29. The second-order valence-electron chi connectivity index (χ2n) is 5.51. The van der Waals surface area contributed by atoms with E-state index in [2.05, 4.69) is 10.3 Å². The fraction of sp³-hybridized carbons (Fsp3) is 0.333. The Balaban J connectivity index is 2.36. The van der Waals surface area contributed by atoms with Gasteiger partial charge in [0.25, 0.3) is 5.69 Å². The Bertz CT molecular complexity index is 772. The van der Waals surface area contributed by atoms with Gasteiger partial charge in [0, 0.05) is 24.1 Å². The van der Waals surface area contributed by atoms with Gasteiger partial charge in [-0.2, -0.15) is 0 Å². The Hall–Kier alpha value is -2.55. The molecule has 24 heavy (non-hydrogen) atoms. The standard InChI is InChI=1S/C15H19N5O3S/c1-9(2)13-14(19(3)12(18-13)8-17-15(16)21)24-11-6-4-5-10(7-11)20(22)23/h4-7,9H,8H2,1-3H3,(H3,16,17,21). The number of nitro benzene ring substituents is 1. The van der Waals surface area contributed by atoms with Gasteiger partial charge in [-0.3, -0.25) is 10.1 Å². The molecule has 9 heteroatoms. The molecule has 3 N–H and O–H groups in total. The molecule has 0 bridgehead atoms. The van der Waals surface area contributed by atoms with Crippen molar-refractivity contribution in [3.05, 3.63) is 45.9 Å². The molecule has 0 radical (unpaired) electrons. The molecule has 8 nitrogen and oxygen atoms in total. The minimum absolute atomic E-state index is 0.0453. The average molecular weight is 349 g/mol. The van der Waals surface area contributed by atoms with Gasteiger partial charge in [-0.1, -0.05) is 31.7 Å². The highest BCUT2D eigenvalue weighted by Crippen LogP contribution is 2.35. The van der Waals surface area contributed by atoms with E-state index >= 15 is 0 Å². The van der Waals surface area contributed by atoms with E-state index in [1.165, 1.54) is 23.9 Å². The van der Waals surface area contributed by atoms with Crippen molar-refractivity contribution in [3.63, 3.8) is 0 Å². The number of non-ortho nitro benzene ring substituents is 1. The summed E-state index contributed by atoms with van der Waals surface area (Å²) in [5.74, 6) is 0.838. The molecule has 0 saturated heterocycles. The fourth-order valence-corrected chi connectivity index (χ4v) is 3.32. The molecule has 2 aromatic rings. The molecular formula is C15H19N5O3S. The summed E-state index contributed by atoms with van der Waals surface area (Å²) in [6.07, 6.45) is 0. The van der Waals surface area contributed by atoms with E-state index in [4.69, 9.17) is 5.73 Å². The van der Waals surface area contributed by atoms with Crippen LogP contribution in [0.5, 0.6) is 0 Å². The summed E-state index contributed by atoms with van der Waals surface area (Å²) in [6.45, 7) is 4.26. The van der Waals surface area contributed by atoms with Gasteiger partial charge in [0.2, 0.25) is 0 Å². The number of imidazole rings is 1. The number of hydrogen-bond acceptors (Lipinski definition) is 5. The van der Waals surface area contributed by atoms with Crippen molar-refractivity contribution in [2.45, 2.75) is 36.2 Å². The van der Waals surface area contributed by atoms with Crippen LogP contribution in [0.25, 0.3) is 0 Å². The van der Waals surface area contributed by atoms with Crippen molar-refractivity contribution in [2.75, 3.05) is 0 Å². The fourth-order valence-electron chi connectivity index (χ4n) is 2.14. The van der Waals surface area contributed by atoms with Crippen LogP contribution < -0.4 is 11.1 Å². The molecule has 2 amide bonds. The van der Waals surface area contributed by atoms with Crippen LogP contribution in [-0.4, -0.2) is 20.5 Å². The quantitative estimate of drug-likeness (QED) is 0.614. The van der Waals surface area contributed by atoms with Crippen molar-refractivity contribution in [2.24, 2.45) is 12.8 Å². The van der Waals surface area contributed by atoms with Crippen LogP contribution >= 0.6 is 11.8 Å². The maximum absolute atomic E-state index is 10.9. The van der Waals surface area contributed by atoms with Gasteiger partial charge in [-0.15, -0.1) is 0 Å². The number of nitrogens with one attached hydrogen (secondary N) is 1. The first kappa shape index (κ1) is 17.8. The Labute approximate surface area is 143 Å². The van der Waals surface area contributed by atoms with Gasteiger partial charge in [-0.25, -0.2) is 9.78 Å². The predicted molar refractivity (Wildman–Crippen MR) is 90.9 cm³/mol. The van der Waals surface area contributed by atoms with Crippen LogP contribution in [0.1, 0.15) is 31.3 Å². The Morgan fingerprint density at radius 2 is 2.21 bits per heavy atom. The van der Waals surface area contributed by atoms with Crippen LogP contribution in [0.2, 0.25) is 0 Å². The summed E-state index contributed by atoms with van der Waals surface area (Å²) in [4.78, 5) is 26.7. The number of carbonyl (C=O) groups excluding carboxylic acids is 1. The number of rotatable bonds is 6. The lowest BCUT2D eigenvalue weighted by Gasteiger charge is -2.09. The minimum atomic E-state index is -0.614. The van der Waals surface area contributed by atoms with Gasteiger partial charge in [0.1, 0.15) is 10.9 Å². The van der Waals surface area contributed by atoms with Crippen molar-refractivity contribution >= 4 is 23.5 Å². The Kier molecular flexibility index (Phi) is 5.45. The monoisotopic (exact) mass is 349 g/mol. The lowest BCUT2D eigenvalue weighted by molar-refractivity contribution is -0.385. The Morgan fingerprint density at radius 1 is 1.50 bits per heavy atom. The molecule has 2 rings (SSSR count). The molecule has 1 aromatic carbocycles. The van der Waals surface area contributed by atoms with E-state index in [9.17, 15) is 14.9 Å². The molecule has 0 atom stereocenters. The molecule has 1 heterocycles. The van der Waals surface area contributed by atoms with Gasteiger partial charge in [0.05, 0.1) is 17.2 Å². The zero-order chi connectivity index (χ0) is 17.9. The number of nitro groups is 1. The molecule has 0 unspecified atom stereocenters. The first-order valence-electron chi connectivity index (χ1n) is 7.30. The zero-order valence-electron chi connectivity index (χ0n) is 13.6. The summed E-state index contributed by atoms with van der Waals surface area (Å²) in [5.41, 5.74) is 6.02. The second-order valence-corrected chi connectivity index (χ2v) is 6.57. The predicted octanol–water partition coefficient (Wildman–Crippen LogP) is 2.77. The molecule has 128 valence electrons. The minimum Gasteiger partial charge on any atom is -0.352 e. The van der Waals surface area contributed by atoms with Gasteiger partial charge >= 0.3 is 6.03 Å². The smallest absolute Gasteiger partial charge is 0.312 e. The highest BCUT2D eigenvalue weighted by atomic mass is 32.2. The van der Waals surface area contributed by atoms with Gasteiger partial charge < -0.3 is 15.6 Å². The summed E-state index contributed by atoms with van der Waals surface area (Å²) >= 11 is 1.41. The molecule has 1 aromatic heterocycles. The van der Waals surface area contributed by atoms with Crippen LogP contribution in [-0.2, 0) is 13.6 Å². The summed E-state index contributed by atoms with van der Waals surface area (Å²) in [7, 11) is 1.84. The third-order valence-corrected chi connectivity index (χ3v) is 4.54. The zero-order valence-corrected chi connectivity index (χ0v) is 14.5. The van der Waals surface area contributed by atoms with Crippen LogP contribution in [0.15, 0.2) is 34.2 Å². The number of hydrogen-bond donors (Lipinski definition) is 2. The number of nitrogens with zero attached hydrogens (tertiary/aromatic N) is 3. The summed E-state index contributed by atoms with van der Waals surface area (Å²) in [6, 6.07) is 5.84. The highest BCUT2D eigenvalue weighted by molar-refractivity contribution is 7.99. The molecular weight excluding hydrogens is 330 g/mol. The summed E-state index contributed by atoms with van der Waals surface area (Å²) < 4.78 is 1.87. The number of amides is 2. The van der Waals surface area contributed by atoms with E-state index < -0.39 is 11.0 Å². The van der Waals surface area contributed by atoms with E-state index in [0.29, 0.717) is 5.82 Å². The summed E-state index contributed by atoms with van der Waals surface area (Å²) in [5, 5.41) is 14.3. The van der Waals surface area contributed by atoms with E-state index in [1.807, 2.05) is 31.5 Å². The van der Waals surface area contributed by atoms with Crippen LogP contribution in [0, 0.1) is 10.1 Å². The van der Waals surface area contributed by atoms with Crippen molar-refractivity contribution in [1.82, 2.24) is 14.9 Å². The number of urea groups is 1.